The average Bonchev–Trinajstić information content (AvgIpc) is 2.42. The molecule has 0 aromatic heterocycles. The predicted molar refractivity (Wildman–Crippen MR) is 80.6 cm³/mol. The summed E-state index contributed by atoms with van der Waals surface area (Å²) < 4.78 is 14.0. The van der Waals surface area contributed by atoms with Crippen LogP contribution >= 0.6 is 12.2 Å². The molecule has 4 heteroatoms. The summed E-state index contributed by atoms with van der Waals surface area (Å²) in [6, 6.07) is 6.90. The Balaban J connectivity index is 2.25. The number of hydrogen-bond acceptors (Lipinski definition) is 2. The van der Waals surface area contributed by atoms with Crippen molar-refractivity contribution in [1.29, 1.82) is 0 Å². The van der Waals surface area contributed by atoms with Crippen LogP contribution in [0.1, 0.15) is 43.7 Å². The Kier molecular flexibility index (Phi) is 4.88. The Hall–Kier alpha value is -1.00. The minimum Gasteiger partial charge on any atom is -0.392 e. The highest BCUT2D eigenvalue weighted by molar-refractivity contribution is 7.80. The van der Waals surface area contributed by atoms with E-state index >= 15 is 0 Å². The van der Waals surface area contributed by atoms with E-state index in [9.17, 15) is 4.39 Å². The van der Waals surface area contributed by atoms with E-state index in [1.807, 2.05) is 13.1 Å². The maximum Gasteiger partial charge on any atom is 0.128 e. The second-order valence-electron chi connectivity index (χ2n) is 5.28. The zero-order chi connectivity index (χ0) is 13.8. The Morgan fingerprint density at radius 2 is 1.95 bits per heavy atom. The molecule has 0 aliphatic heterocycles. The Morgan fingerprint density at radius 3 is 2.53 bits per heavy atom. The van der Waals surface area contributed by atoms with Crippen molar-refractivity contribution < 1.29 is 4.39 Å². The van der Waals surface area contributed by atoms with Crippen LogP contribution in [0.4, 0.5) is 4.39 Å². The first-order valence-electron chi connectivity index (χ1n) is 6.87. The molecule has 1 aromatic rings. The molecule has 104 valence electrons. The molecule has 0 spiro atoms. The summed E-state index contributed by atoms with van der Waals surface area (Å²) in [5.41, 5.74) is 6.45. The van der Waals surface area contributed by atoms with Crippen LogP contribution in [0, 0.1) is 5.82 Å². The zero-order valence-corrected chi connectivity index (χ0v) is 12.1. The van der Waals surface area contributed by atoms with Crippen LogP contribution in [-0.4, -0.2) is 23.0 Å². The minimum absolute atomic E-state index is 0.233. The predicted octanol–water partition coefficient (Wildman–Crippen LogP) is 3.42. The number of likely N-dealkylation sites (N-methyl/N-ethyl adjacent to an activating group) is 1. The van der Waals surface area contributed by atoms with E-state index in [1.54, 1.807) is 12.1 Å². The number of hydrogen-bond donors (Lipinski definition) is 1. The highest BCUT2D eigenvalue weighted by atomic mass is 32.1. The Morgan fingerprint density at radius 1 is 1.32 bits per heavy atom. The molecule has 1 aliphatic carbocycles. The van der Waals surface area contributed by atoms with Crippen molar-refractivity contribution >= 4 is 17.2 Å². The molecule has 2 N–H and O–H groups in total. The summed E-state index contributed by atoms with van der Waals surface area (Å²) in [5.74, 6) is -0.233. The number of halogens is 1. The van der Waals surface area contributed by atoms with Crippen molar-refractivity contribution in [3.63, 3.8) is 0 Å². The molecule has 1 aromatic carbocycles. The highest BCUT2D eigenvalue weighted by Crippen LogP contribution is 2.30. The van der Waals surface area contributed by atoms with E-state index in [2.05, 4.69) is 4.90 Å². The summed E-state index contributed by atoms with van der Waals surface area (Å²) >= 11 is 5.17. The van der Waals surface area contributed by atoms with Gasteiger partial charge in [0.2, 0.25) is 0 Å². The van der Waals surface area contributed by atoms with Crippen LogP contribution in [-0.2, 0) is 0 Å². The summed E-state index contributed by atoms with van der Waals surface area (Å²) in [4.78, 5) is 2.50. The van der Waals surface area contributed by atoms with Crippen molar-refractivity contribution in [3.8, 4) is 0 Å². The summed E-state index contributed by atoms with van der Waals surface area (Å²) in [6.45, 7) is 0. The fraction of sp³-hybridized carbons (Fsp3) is 0.533. The van der Waals surface area contributed by atoms with E-state index in [1.165, 1.54) is 25.3 Å². The number of benzene rings is 1. The molecule has 0 amide bonds. The minimum atomic E-state index is -0.306. The Bertz CT molecular complexity index is 444. The second kappa shape index (κ2) is 6.44. The van der Waals surface area contributed by atoms with Crippen LogP contribution in [0.5, 0.6) is 0 Å². The van der Waals surface area contributed by atoms with Gasteiger partial charge < -0.3 is 5.73 Å². The lowest BCUT2D eigenvalue weighted by Crippen LogP contribution is -2.42. The molecule has 1 unspecified atom stereocenters. The van der Waals surface area contributed by atoms with Crippen molar-refractivity contribution in [3.05, 3.63) is 35.6 Å². The lowest BCUT2D eigenvalue weighted by atomic mass is 9.92. The van der Waals surface area contributed by atoms with E-state index in [0.717, 1.165) is 12.8 Å². The van der Waals surface area contributed by atoms with Crippen molar-refractivity contribution in [1.82, 2.24) is 4.90 Å². The monoisotopic (exact) mass is 280 g/mol. The lowest BCUT2D eigenvalue weighted by molar-refractivity contribution is 0.168. The molecule has 1 atom stereocenters. The first kappa shape index (κ1) is 14.4. The number of nitrogens with zero attached hydrogens (tertiary/aromatic N) is 1. The summed E-state index contributed by atoms with van der Waals surface area (Å²) in [6.07, 6.45) is 6.04. The largest absolute Gasteiger partial charge is 0.392 e. The topological polar surface area (TPSA) is 29.3 Å². The smallest absolute Gasteiger partial charge is 0.128 e. The van der Waals surface area contributed by atoms with Gasteiger partial charge in [-0.3, -0.25) is 4.90 Å². The van der Waals surface area contributed by atoms with Gasteiger partial charge in [0.1, 0.15) is 5.82 Å². The van der Waals surface area contributed by atoms with Crippen LogP contribution < -0.4 is 5.73 Å². The first-order chi connectivity index (χ1) is 9.11. The van der Waals surface area contributed by atoms with Gasteiger partial charge in [0.15, 0.2) is 0 Å². The van der Waals surface area contributed by atoms with Crippen LogP contribution in [0.3, 0.4) is 0 Å². The highest BCUT2D eigenvalue weighted by Gasteiger charge is 2.29. The fourth-order valence-electron chi connectivity index (χ4n) is 2.97. The quantitative estimate of drug-likeness (QED) is 0.857. The number of nitrogens with two attached hydrogens (primary N) is 1. The van der Waals surface area contributed by atoms with Crippen LogP contribution in [0.25, 0.3) is 0 Å². The maximum atomic E-state index is 14.0. The van der Waals surface area contributed by atoms with E-state index in [0.29, 0.717) is 16.6 Å². The van der Waals surface area contributed by atoms with Gasteiger partial charge in [0, 0.05) is 11.6 Å². The molecule has 0 radical (unpaired) electrons. The molecular weight excluding hydrogens is 259 g/mol. The second-order valence-corrected chi connectivity index (χ2v) is 5.76. The van der Waals surface area contributed by atoms with E-state index < -0.39 is 0 Å². The van der Waals surface area contributed by atoms with Gasteiger partial charge in [-0.1, -0.05) is 49.7 Å². The third-order valence-corrected chi connectivity index (χ3v) is 4.25. The molecule has 19 heavy (non-hydrogen) atoms. The van der Waals surface area contributed by atoms with Crippen LogP contribution in [0.15, 0.2) is 24.3 Å². The molecular formula is C15H21FN2S. The third kappa shape index (κ3) is 3.31. The van der Waals surface area contributed by atoms with Gasteiger partial charge in [-0.25, -0.2) is 4.39 Å². The van der Waals surface area contributed by atoms with Crippen molar-refractivity contribution in [2.45, 2.75) is 44.2 Å². The molecule has 1 fully saturated rings. The molecule has 2 rings (SSSR count). The molecule has 1 saturated carbocycles. The average molecular weight is 280 g/mol. The van der Waals surface area contributed by atoms with Crippen LogP contribution in [0.2, 0.25) is 0 Å². The molecule has 0 saturated heterocycles. The Labute approximate surface area is 119 Å². The third-order valence-electron chi connectivity index (χ3n) is 4.03. The van der Waals surface area contributed by atoms with Gasteiger partial charge in [-0.15, -0.1) is 0 Å². The number of thiocarbonyl (C=S) groups is 1. The first-order valence-corrected chi connectivity index (χ1v) is 7.27. The van der Waals surface area contributed by atoms with E-state index in [-0.39, 0.29) is 11.9 Å². The standard InChI is InChI=1S/C15H21FN2S/c1-18(11-7-3-2-4-8-11)14(15(17)19)12-9-5-6-10-13(12)16/h5-6,9-11,14H,2-4,7-8H2,1H3,(H2,17,19). The van der Waals surface area contributed by atoms with Crippen molar-refractivity contribution in [2.24, 2.45) is 5.73 Å². The fourth-order valence-corrected chi connectivity index (χ4v) is 3.26. The number of rotatable bonds is 4. The van der Waals surface area contributed by atoms with E-state index in [4.69, 9.17) is 18.0 Å². The molecule has 2 nitrogen and oxygen atoms in total. The van der Waals surface area contributed by atoms with Gasteiger partial charge >= 0.3 is 0 Å². The molecule has 1 aliphatic rings. The summed E-state index contributed by atoms with van der Waals surface area (Å²) in [7, 11) is 2.01. The maximum absolute atomic E-state index is 14.0. The summed E-state index contributed by atoms with van der Waals surface area (Å²) in [5, 5.41) is 0. The molecule has 0 bridgehead atoms. The van der Waals surface area contributed by atoms with Gasteiger partial charge in [-0.05, 0) is 26.0 Å². The van der Waals surface area contributed by atoms with Gasteiger partial charge in [0.25, 0.3) is 0 Å². The molecule has 0 heterocycles. The van der Waals surface area contributed by atoms with Gasteiger partial charge in [0.05, 0.1) is 11.0 Å². The van der Waals surface area contributed by atoms with Gasteiger partial charge in [-0.2, -0.15) is 0 Å². The van der Waals surface area contributed by atoms with Crippen molar-refractivity contribution in [2.75, 3.05) is 7.05 Å². The lowest BCUT2D eigenvalue weighted by Gasteiger charge is -2.37. The normalized spacial score (nSPS) is 18.5. The zero-order valence-electron chi connectivity index (χ0n) is 11.3. The SMILES string of the molecule is CN(C1CCCCC1)C(C(N)=S)c1ccccc1F.